The van der Waals surface area contributed by atoms with Crippen LogP contribution in [-0.4, -0.2) is 48.9 Å². The van der Waals surface area contributed by atoms with Crippen molar-refractivity contribution in [1.29, 1.82) is 0 Å². The van der Waals surface area contributed by atoms with Crippen molar-refractivity contribution in [3.05, 3.63) is 35.9 Å². The number of hydrogen-bond acceptors (Lipinski definition) is 3. The average molecular weight is 352 g/mol. The molecule has 24 heavy (non-hydrogen) atoms. The monoisotopic (exact) mass is 351 g/mol. The van der Waals surface area contributed by atoms with E-state index in [1.807, 2.05) is 35.2 Å². The molecule has 5 nitrogen and oxygen atoms in total. The third-order valence-corrected chi connectivity index (χ3v) is 4.78. The second-order valence-corrected chi connectivity index (χ2v) is 6.52. The van der Waals surface area contributed by atoms with Crippen molar-refractivity contribution in [1.82, 2.24) is 15.5 Å². The maximum Gasteiger partial charge on any atom is 0.251 e. The molecular weight excluding hydrogens is 326 g/mol. The highest BCUT2D eigenvalue weighted by Gasteiger charge is 2.30. The van der Waals surface area contributed by atoms with Gasteiger partial charge in [0.15, 0.2) is 0 Å². The Morgan fingerprint density at radius 2 is 1.96 bits per heavy atom. The molecule has 0 radical (unpaired) electrons. The van der Waals surface area contributed by atoms with Crippen LogP contribution in [0.5, 0.6) is 0 Å². The number of halogens is 1. The lowest BCUT2D eigenvalue weighted by molar-refractivity contribution is -0.134. The predicted octanol–water partition coefficient (Wildman–Crippen LogP) is 1.83. The SMILES string of the molecule is Cl.O=C(NCC1CCCN(C(=O)C2CCCN2)C1)c1ccccc1. The smallest absolute Gasteiger partial charge is 0.251 e. The van der Waals surface area contributed by atoms with Crippen LogP contribution in [0.4, 0.5) is 0 Å². The largest absolute Gasteiger partial charge is 0.352 e. The number of likely N-dealkylation sites (tertiary alicyclic amines) is 1. The second kappa shape index (κ2) is 9.04. The second-order valence-electron chi connectivity index (χ2n) is 6.52. The molecule has 2 atom stereocenters. The van der Waals surface area contributed by atoms with Crippen molar-refractivity contribution >= 4 is 24.2 Å². The Balaban J connectivity index is 0.00000208. The summed E-state index contributed by atoms with van der Waals surface area (Å²) < 4.78 is 0. The number of nitrogens with zero attached hydrogens (tertiary/aromatic N) is 1. The van der Waals surface area contributed by atoms with Crippen LogP contribution >= 0.6 is 12.4 Å². The van der Waals surface area contributed by atoms with Gasteiger partial charge in [0.25, 0.3) is 5.91 Å². The van der Waals surface area contributed by atoms with E-state index >= 15 is 0 Å². The first kappa shape index (κ1) is 18.7. The molecule has 2 aliphatic rings. The van der Waals surface area contributed by atoms with Crippen molar-refractivity contribution in [3.63, 3.8) is 0 Å². The first-order valence-corrected chi connectivity index (χ1v) is 8.59. The van der Waals surface area contributed by atoms with Crippen LogP contribution in [0, 0.1) is 5.92 Å². The molecule has 1 aromatic carbocycles. The molecule has 2 amide bonds. The van der Waals surface area contributed by atoms with Gasteiger partial charge in [0, 0.05) is 25.2 Å². The first-order valence-electron chi connectivity index (χ1n) is 8.59. The van der Waals surface area contributed by atoms with E-state index in [0.717, 1.165) is 45.3 Å². The quantitative estimate of drug-likeness (QED) is 0.870. The maximum atomic E-state index is 12.5. The van der Waals surface area contributed by atoms with Crippen LogP contribution in [0.1, 0.15) is 36.0 Å². The molecule has 0 spiro atoms. The highest BCUT2D eigenvalue weighted by atomic mass is 35.5. The van der Waals surface area contributed by atoms with E-state index in [1.165, 1.54) is 0 Å². The summed E-state index contributed by atoms with van der Waals surface area (Å²) in [7, 11) is 0. The van der Waals surface area contributed by atoms with Gasteiger partial charge in [0.2, 0.25) is 5.91 Å². The molecule has 0 bridgehead atoms. The molecule has 0 aliphatic carbocycles. The normalized spacial score (nSPS) is 23.4. The van der Waals surface area contributed by atoms with Gasteiger partial charge in [-0.15, -0.1) is 12.4 Å². The van der Waals surface area contributed by atoms with Crippen molar-refractivity contribution in [2.24, 2.45) is 5.92 Å². The predicted molar refractivity (Wildman–Crippen MR) is 96.4 cm³/mol. The number of carbonyl (C=O) groups is 2. The molecule has 2 aliphatic heterocycles. The van der Waals surface area contributed by atoms with Gasteiger partial charge in [-0.3, -0.25) is 9.59 Å². The number of carbonyl (C=O) groups excluding carboxylic acids is 2. The molecule has 2 saturated heterocycles. The summed E-state index contributed by atoms with van der Waals surface area (Å²) in [5.41, 5.74) is 0.686. The number of hydrogen-bond donors (Lipinski definition) is 2. The van der Waals surface area contributed by atoms with Gasteiger partial charge in [0.1, 0.15) is 0 Å². The van der Waals surface area contributed by atoms with Gasteiger partial charge < -0.3 is 15.5 Å². The summed E-state index contributed by atoms with van der Waals surface area (Å²) in [4.78, 5) is 26.6. The lowest BCUT2D eigenvalue weighted by atomic mass is 9.97. The Morgan fingerprint density at radius 3 is 2.67 bits per heavy atom. The van der Waals surface area contributed by atoms with E-state index < -0.39 is 0 Å². The van der Waals surface area contributed by atoms with Gasteiger partial charge in [-0.1, -0.05) is 18.2 Å². The lowest BCUT2D eigenvalue weighted by Gasteiger charge is -2.34. The van der Waals surface area contributed by atoms with Crippen LogP contribution < -0.4 is 10.6 Å². The Labute approximate surface area is 149 Å². The van der Waals surface area contributed by atoms with Gasteiger partial charge in [-0.2, -0.15) is 0 Å². The molecule has 2 fully saturated rings. The minimum Gasteiger partial charge on any atom is -0.352 e. The number of piperidine rings is 1. The molecule has 3 rings (SSSR count). The average Bonchev–Trinajstić information content (AvgIpc) is 3.14. The molecule has 132 valence electrons. The van der Waals surface area contributed by atoms with Gasteiger partial charge in [-0.25, -0.2) is 0 Å². The standard InChI is InChI=1S/C18H25N3O2.ClH/c22-17(15-7-2-1-3-8-15)20-12-14-6-5-11-21(13-14)18(23)16-9-4-10-19-16;/h1-3,7-8,14,16,19H,4-6,9-13H2,(H,20,22);1H. The van der Waals surface area contributed by atoms with E-state index in [1.54, 1.807) is 0 Å². The minimum atomic E-state index is -0.0356. The summed E-state index contributed by atoms with van der Waals surface area (Å²) in [6.45, 7) is 3.18. The molecule has 6 heteroatoms. The number of rotatable bonds is 4. The molecule has 0 aromatic heterocycles. The molecular formula is C18H26ClN3O2. The Kier molecular flexibility index (Phi) is 7.06. The Bertz CT molecular complexity index is 546. The zero-order chi connectivity index (χ0) is 16.1. The third-order valence-electron chi connectivity index (χ3n) is 4.78. The fourth-order valence-corrected chi connectivity index (χ4v) is 3.48. The van der Waals surface area contributed by atoms with Crippen LogP contribution in [-0.2, 0) is 4.79 Å². The Hall–Kier alpha value is -1.59. The van der Waals surface area contributed by atoms with E-state index in [9.17, 15) is 9.59 Å². The molecule has 2 N–H and O–H groups in total. The third kappa shape index (κ3) is 4.71. The van der Waals surface area contributed by atoms with E-state index in [-0.39, 0.29) is 30.3 Å². The molecule has 0 saturated carbocycles. The maximum absolute atomic E-state index is 12.5. The van der Waals surface area contributed by atoms with Crippen LogP contribution in [0.15, 0.2) is 30.3 Å². The molecule has 1 aromatic rings. The summed E-state index contributed by atoms with van der Waals surface area (Å²) in [6.07, 6.45) is 4.12. The number of nitrogens with one attached hydrogen (secondary N) is 2. The van der Waals surface area contributed by atoms with Crippen LogP contribution in [0.3, 0.4) is 0 Å². The zero-order valence-electron chi connectivity index (χ0n) is 13.9. The zero-order valence-corrected chi connectivity index (χ0v) is 14.7. The van der Waals surface area contributed by atoms with Crippen molar-refractivity contribution in [2.75, 3.05) is 26.2 Å². The van der Waals surface area contributed by atoms with E-state index in [4.69, 9.17) is 0 Å². The van der Waals surface area contributed by atoms with Crippen LogP contribution in [0.25, 0.3) is 0 Å². The summed E-state index contributed by atoms with van der Waals surface area (Å²) in [5.74, 6) is 0.551. The van der Waals surface area contributed by atoms with Gasteiger partial charge in [-0.05, 0) is 50.3 Å². The number of amides is 2. The van der Waals surface area contributed by atoms with Crippen molar-refractivity contribution < 1.29 is 9.59 Å². The number of benzene rings is 1. The minimum absolute atomic E-state index is 0. The summed E-state index contributed by atoms with van der Waals surface area (Å²) >= 11 is 0. The van der Waals surface area contributed by atoms with Crippen molar-refractivity contribution in [3.8, 4) is 0 Å². The lowest BCUT2D eigenvalue weighted by Crippen LogP contribution is -2.49. The topological polar surface area (TPSA) is 61.4 Å². The molecule has 2 unspecified atom stereocenters. The van der Waals surface area contributed by atoms with E-state index in [2.05, 4.69) is 10.6 Å². The summed E-state index contributed by atoms with van der Waals surface area (Å²) in [6, 6.07) is 9.27. The highest BCUT2D eigenvalue weighted by molar-refractivity contribution is 5.94. The highest BCUT2D eigenvalue weighted by Crippen LogP contribution is 2.18. The van der Waals surface area contributed by atoms with Crippen LogP contribution in [0.2, 0.25) is 0 Å². The van der Waals surface area contributed by atoms with Gasteiger partial charge >= 0.3 is 0 Å². The first-order chi connectivity index (χ1) is 11.2. The fourth-order valence-electron chi connectivity index (χ4n) is 3.48. The summed E-state index contributed by atoms with van der Waals surface area (Å²) in [5, 5.41) is 6.28. The fraction of sp³-hybridized carbons (Fsp3) is 0.556. The van der Waals surface area contributed by atoms with Gasteiger partial charge in [0.05, 0.1) is 6.04 Å². The molecule has 2 heterocycles. The van der Waals surface area contributed by atoms with E-state index in [0.29, 0.717) is 18.0 Å². The van der Waals surface area contributed by atoms with Crippen molar-refractivity contribution in [2.45, 2.75) is 31.7 Å². The Morgan fingerprint density at radius 1 is 1.17 bits per heavy atom.